The Kier molecular flexibility index (Phi) is 8.26. The molecule has 0 radical (unpaired) electrons. The monoisotopic (exact) mass is 272 g/mol. The number of amides is 1. The van der Waals surface area contributed by atoms with E-state index in [-0.39, 0.29) is 5.91 Å². The molecule has 114 valence electrons. The number of likely N-dealkylation sites (tertiary alicyclic amines) is 1. The average molecular weight is 272 g/mol. The summed E-state index contributed by atoms with van der Waals surface area (Å²) in [5, 5.41) is 0. The molecule has 0 spiro atoms. The maximum Gasteiger partial charge on any atom is 0.219 e. The van der Waals surface area contributed by atoms with E-state index >= 15 is 0 Å². The molecule has 0 aromatic carbocycles. The Morgan fingerprint density at radius 1 is 1.26 bits per heavy atom. The van der Waals surface area contributed by atoms with Crippen molar-refractivity contribution in [1.29, 1.82) is 0 Å². The molecule has 1 saturated heterocycles. The molecular weight excluding hydrogens is 240 g/mol. The van der Waals surface area contributed by atoms with Crippen molar-refractivity contribution in [3.05, 3.63) is 0 Å². The van der Waals surface area contributed by atoms with Gasteiger partial charge in [0.1, 0.15) is 0 Å². The van der Waals surface area contributed by atoms with Crippen molar-refractivity contribution >= 4 is 5.91 Å². The highest BCUT2D eigenvalue weighted by Crippen LogP contribution is 2.20. The van der Waals surface area contributed by atoms with E-state index in [9.17, 15) is 4.79 Å². The molecular formula is C15H32N2O2. The first kappa shape index (κ1) is 18.4. The Morgan fingerprint density at radius 3 is 2.00 bits per heavy atom. The molecule has 19 heavy (non-hydrogen) atoms. The molecule has 4 heteroatoms. The van der Waals surface area contributed by atoms with Gasteiger partial charge in [0.05, 0.1) is 0 Å². The predicted molar refractivity (Wildman–Crippen MR) is 80.3 cm³/mol. The number of carbonyl (C=O) groups is 1. The molecule has 1 fully saturated rings. The van der Waals surface area contributed by atoms with Crippen LogP contribution >= 0.6 is 0 Å². The quantitative estimate of drug-likeness (QED) is 0.773. The van der Waals surface area contributed by atoms with Crippen LogP contribution in [-0.2, 0) is 9.53 Å². The van der Waals surface area contributed by atoms with Gasteiger partial charge in [-0.15, -0.1) is 0 Å². The van der Waals surface area contributed by atoms with E-state index in [2.05, 4.69) is 30.4 Å². The fraction of sp³-hybridized carbons (Fsp3) is 0.933. The lowest BCUT2D eigenvalue weighted by molar-refractivity contribution is -0.130. The summed E-state index contributed by atoms with van der Waals surface area (Å²) in [7, 11) is 5.17. The molecule has 1 aliphatic heterocycles. The lowest BCUT2D eigenvalue weighted by Gasteiger charge is -2.38. The minimum absolute atomic E-state index is 0.189. The van der Waals surface area contributed by atoms with Crippen molar-refractivity contribution in [2.45, 2.75) is 46.6 Å². The summed E-state index contributed by atoms with van der Waals surface area (Å²) >= 11 is 0. The third kappa shape index (κ3) is 8.22. The van der Waals surface area contributed by atoms with Crippen LogP contribution in [0.1, 0.15) is 40.5 Å². The Balaban J connectivity index is 0.000000982. The first-order valence-corrected chi connectivity index (χ1v) is 7.07. The van der Waals surface area contributed by atoms with Gasteiger partial charge in [-0.1, -0.05) is 20.8 Å². The minimum Gasteiger partial charge on any atom is -0.388 e. The van der Waals surface area contributed by atoms with Crippen LogP contribution in [0.3, 0.4) is 0 Å². The van der Waals surface area contributed by atoms with E-state index < -0.39 is 0 Å². The van der Waals surface area contributed by atoms with Crippen molar-refractivity contribution in [3.8, 4) is 0 Å². The highest BCUT2D eigenvalue weighted by molar-refractivity contribution is 5.73. The van der Waals surface area contributed by atoms with Crippen LogP contribution in [0.2, 0.25) is 0 Å². The average Bonchev–Trinajstić information content (AvgIpc) is 2.28. The molecule has 1 aliphatic rings. The Labute approximate surface area is 119 Å². The van der Waals surface area contributed by atoms with Gasteiger partial charge in [-0.05, 0) is 18.3 Å². The van der Waals surface area contributed by atoms with Crippen molar-refractivity contribution in [2.24, 2.45) is 5.41 Å². The third-order valence-electron chi connectivity index (χ3n) is 3.30. The van der Waals surface area contributed by atoms with E-state index in [0.717, 1.165) is 32.5 Å². The maximum absolute atomic E-state index is 11.3. The summed E-state index contributed by atoms with van der Waals surface area (Å²) in [6.07, 6.45) is 2.23. The summed E-state index contributed by atoms with van der Waals surface area (Å²) in [6.45, 7) is 11.9. The second-order valence-corrected chi connectivity index (χ2v) is 6.61. The summed E-state index contributed by atoms with van der Waals surface area (Å²) in [5.41, 5.74) is 0.374. The number of nitrogens with zero attached hydrogens (tertiary/aromatic N) is 2. The summed E-state index contributed by atoms with van der Waals surface area (Å²) in [5.74, 6) is 0.189. The van der Waals surface area contributed by atoms with Crippen LogP contribution in [0.25, 0.3) is 0 Å². The van der Waals surface area contributed by atoms with Gasteiger partial charge in [-0.25, -0.2) is 0 Å². The molecule has 1 heterocycles. The van der Waals surface area contributed by atoms with E-state index in [4.69, 9.17) is 0 Å². The van der Waals surface area contributed by atoms with Crippen molar-refractivity contribution < 1.29 is 9.53 Å². The van der Waals surface area contributed by atoms with E-state index in [1.807, 2.05) is 11.9 Å². The molecule has 0 saturated carbocycles. The van der Waals surface area contributed by atoms with Crippen LogP contribution in [0.15, 0.2) is 0 Å². The van der Waals surface area contributed by atoms with Crippen LogP contribution < -0.4 is 0 Å². The maximum atomic E-state index is 11.3. The number of hydrogen-bond acceptors (Lipinski definition) is 3. The molecule has 1 amide bonds. The molecule has 0 bridgehead atoms. The van der Waals surface area contributed by atoms with Gasteiger partial charge in [-0.2, -0.15) is 0 Å². The number of carbonyl (C=O) groups excluding carboxylic acids is 1. The van der Waals surface area contributed by atoms with E-state index in [1.165, 1.54) is 0 Å². The van der Waals surface area contributed by atoms with Crippen LogP contribution in [0.4, 0.5) is 0 Å². The summed E-state index contributed by atoms with van der Waals surface area (Å²) in [6, 6.07) is 0.453. The number of methoxy groups -OCH3 is 1. The zero-order chi connectivity index (χ0) is 15.1. The van der Waals surface area contributed by atoms with Crippen molar-refractivity contribution in [1.82, 2.24) is 9.80 Å². The van der Waals surface area contributed by atoms with E-state index in [1.54, 1.807) is 21.1 Å². The highest BCUT2D eigenvalue weighted by atomic mass is 16.4. The van der Waals surface area contributed by atoms with Crippen molar-refractivity contribution in [3.63, 3.8) is 0 Å². The zero-order valence-corrected chi connectivity index (χ0v) is 13.8. The van der Waals surface area contributed by atoms with Crippen molar-refractivity contribution in [2.75, 3.05) is 40.9 Å². The van der Waals surface area contributed by atoms with Gasteiger partial charge in [-0.3, -0.25) is 4.79 Å². The molecule has 0 unspecified atom stereocenters. The number of piperidine rings is 1. The highest BCUT2D eigenvalue weighted by Gasteiger charge is 2.25. The topological polar surface area (TPSA) is 32.8 Å². The largest absolute Gasteiger partial charge is 0.388 e. The van der Waals surface area contributed by atoms with Crippen LogP contribution in [0, 0.1) is 5.41 Å². The van der Waals surface area contributed by atoms with Gasteiger partial charge >= 0.3 is 0 Å². The molecule has 0 aromatic rings. The minimum atomic E-state index is 0.189. The first-order chi connectivity index (χ1) is 8.71. The van der Waals surface area contributed by atoms with Gasteiger partial charge < -0.3 is 14.5 Å². The standard InChI is InChI=1S/C13H26N2O.C2H6O/c1-11(16)14(5)12-6-8-15(9-7-12)10-13(2,3)4;1-3-2/h12H,6-10H2,1-5H3;1-2H3. The number of rotatable bonds is 2. The lowest BCUT2D eigenvalue weighted by atomic mass is 9.94. The second kappa shape index (κ2) is 8.54. The fourth-order valence-electron chi connectivity index (χ4n) is 2.39. The molecule has 0 aromatic heterocycles. The Morgan fingerprint density at radius 2 is 1.68 bits per heavy atom. The predicted octanol–water partition coefficient (Wildman–Crippen LogP) is 2.24. The summed E-state index contributed by atoms with van der Waals surface area (Å²) < 4.78 is 4.25. The third-order valence-corrected chi connectivity index (χ3v) is 3.30. The molecule has 1 rings (SSSR count). The number of ether oxygens (including phenoxy) is 1. The van der Waals surface area contributed by atoms with E-state index in [0.29, 0.717) is 11.5 Å². The molecule has 4 nitrogen and oxygen atoms in total. The summed E-state index contributed by atoms with van der Waals surface area (Å²) in [4.78, 5) is 15.7. The zero-order valence-electron chi connectivity index (χ0n) is 13.8. The van der Waals surface area contributed by atoms with Gasteiger partial charge in [0.25, 0.3) is 0 Å². The van der Waals surface area contributed by atoms with Gasteiger partial charge in [0.15, 0.2) is 0 Å². The number of hydrogen-bond donors (Lipinski definition) is 0. The van der Waals surface area contributed by atoms with Gasteiger partial charge in [0, 0.05) is 53.9 Å². The van der Waals surface area contributed by atoms with Crippen LogP contribution in [-0.4, -0.2) is 62.7 Å². The second-order valence-electron chi connectivity index (χ2n) is 6.61. The SMILES string of the molecule is CC(=O)N(C)C1CCN(CC(C)(C)C)CC1.COC. The Bertz CT molecular complexity index is 253. The normalized spacial score (nSPS) is 17.6. The smallest absolute Gasteiger partial charge is 0.219 e. The first-order valence-electron chi connectivity index (χ1n) is 7.07. The van der Waals surface area contributed by atoms with Gasteiger partial charge in [0.2, 0.25) is 5.91 Å². The van der Waals surface area contributed by atoms with Crippen LogP contribution in [0.5, 0.6) is 0 Å². The fourth-order valence-corrected chi connectivity index (χ4v) is 2.39. The molecule has 0 aliphatic carbocycles. The molecule has 0 atom stereocenters. The molecule has 0 N–H and O–H groups in total. The lowest BCUT2D eigenvalue weighted by Crippen LogP contribution is -2.46. The Hall–Kier alpha value is -0.610.